The maximum absolute atomic E-state index is 4.64. The molecule has 1 N–H and O–H groups in total. The quantitative estimate of drug-likeness (QED) is 0.818. The first-order chi connectivity index (χ1) is 8.06. The molecule has 98 valence electrons. The van der Waals surface area contributed by atoms with E-state index in [1.54, 1.807) is 0 Å². The molecule has 0 aromatic rings. The van der Waals surface area contributed by atoms with Crippen molar-refractivity contribution in [1.29, 1.82) is 0 Å². The summed E-state index contributed by atoms with van der Waals surface area (Å²) in [7, 11) is 2.21. The second-order valence-electron chi connectivity index (χ2n) is 5.83. The fraction of sp³-hybridized carbons (Fsp3) is 0.923. The Kier molecular flexibility index (Phi) is 4.36. The van der Waals surface area contributed by atoms with Gasteiger partial charge in [0.05, 0.1) is 6.54 Å². The Morgan fingerprint density at radius 1 is 1.47 bits per heavy atom. The normalized spacial score (nSPS) is 35.1. The lowest BCUT2D eigenvalue weighted by Crippen LogP contribution is -2.48. The maximum atomic E-state index is 4.64. The predicted molar refractivity (Wildman–Crippen MR) is 76.7 cm³/mol. The molecule has 17 heavy (non-hydrogen) atoms. The van der Waals surface area contributed by atoms with Crippen LogP contribution in [0.3, 0.4) is 0 Å². The minimum absolute atomic E-state index is 0.614. The standard InChI is InChI=1S/C13H25N3S/c1-9(2)12-7-14-13(17-12)15-11-5-6-16(4)8-10(11)3/h9-12H,5-8H2,1-4H3,(H,14,15). The highest BCUT2D eigenvalue weighted by Crippen LogP contribution is 2.27. The van der Waals surface area contributed by atoms with Gasteiger partial charge in [0.2, 0.25) is 0 Å². The summed E-state index contributed by atoms with van der Waals surface area (Å²) in [4.78, 5) is 7.06. The first kappa shape index (κ1) is 13.2. The molecular formula is C13H25N3S. The predicted octanol–water partition coefficient (Wildman–Crippen LogP) is 2.04. The zero-order valence-corrected chi connectivity index (χ0v) is 12.3. The number of aliphatic imine (C=N–C) groups is 1. The van der Waals surface area contributed by atoms with Crippen molar-refractivity contribution >= 4 is 16.9 Å². The summed E-state index contributed by atoms with van der Waals surface area (Å²) in [6, 6.07) is 0.614. The molecule has 3 nitrogen and oxygen atoms in total. The smallest absolute Gasteiger partial charge is 0.157 e. The molecule has 2 aliphatic heterocycles. The third-order valence-electron chi connectivity index (χ3n) is 3.84. The highest BCUT2D eigenvalue weighted by Gasteiger charge is 2.28. The number of rotatable bonds is 2. The Morgan fingerprint density at radius 3 is 2.82 bits per heavy atom. The van der Waals surface area contributed by atoms with Crippen LogP contribution in [-0.4, -0.2) is 48.0 Å². The Bertz CT molecular complexity index is 290. The molecule has 2 heterocycles. The second-order valence-corrected chi connectivity index (χ2v) is 7.05. The van der Waals surface area contributed by atoms with Gasteiger partial charge in [-0.05, 0) is 31.8 Å². The van der Waals surface area contributed by atoms with Crippen molar-refractivity contribution in [3.8, 4) is 0 Å². The minimum Gasteiger partial charge on any atom is -0.362 e. The van der Waals surface area contributed by atoms with Gasteiger partial charge in [0.1, 0.15) is 0 Å². The average molecular weight is 255 g/mol. The van der Waals surface area contributed by atoms with Crippen molar-refractivity contribution in [2.24, 2.45) is 16.8 Å². The van der Waals surface area contributed by atoms with Crippen LogP contribution >= 0.6 is 11.8 Å². The molecule has 0 saturated carbocycles. The van der Waals surface area contributed by atoms with Crippen LogP contribution in [0.4, 0.5) is 0 Å². The van der Waals surface area contributed by atoms with Gasteiger partial charge < -0.3 is 10.2 Å². The van der Waals surface area contributed by atoms with Gasteiger partial charge in [0, 0.05) is 17.8 Å². The van der Waals surface area contributed by atoms with Gasteiger partial charge in [-0.2, -0.15) is 0 Å². The topological polar surface area (TPSA) is 27.6 Å². The van der Waals surface area contributed by atoms with Crippen molar-refractivity contribution in [3.63, 3.8) is 0 Å². The number of thioether (sulfide) groups is 1. The van der Waals surface area contributed by atoms with Crippen molar-refractivity contribution < 1.29 is 0 Å². The third-order valence-corrected chi connectivity index (χ3v) is 5.31. The van der Waals surface area contributed by atoms with Crippen molar-refractivity contribution in [2.75, 3.05) is 26.7 Å². The summed E-state index contributed by atoms with van der Waals surface area (Å²) >= 11 is 1.94. The van der Waals surface area contributed by atoms with Gasteiger partial charge in [-0.15, -0.1) is 0 Å². The number of piperidine rings is 1. The van der Waals surface area contributed by atoms with E-state index in [1.807, 2.05) is 11.8 Å². The summed E-state index contributed by atoms with van der Waals surface area (Å²) in [6.07, 6.45) is 1.24. The monoisotopic (exact) mass is 255 g/mol. The van der Waals surface area contributed by atoms with Crippen molar-refractivity contribution in [2.45, 2.75) is 38.5 Å². The van der Waals surface area contributed by atoms with E-state index in [0.29, 0.717) is 11.3 Å². The molecule has 4 heteroatoms. The second kappa shape index (κ2) is 5.61. The maximum Gasteiger partial charge on any atom is 0.157 e. The van der Waals surface area contributed by atoms with Gasteiger partial charge in [0.15, 0.2) is 5.17 Å². The molecule has 0 aromatic heterocycles. The van der Waals surface area contributed by atoms with E-state index in [2.05, 4.69) is 43.0 Å². The van der Waals surface area contributed by atoms with Crippen LogP contribution in [0.15, 0.2) is 4.99 Å². The van der Waals surface area contributed by atoms with Crippen LogP contribution in [0.5, 0.6) is 0 Å². The first-order valence-electron chi connectivity index (χ1n) is 6.72. The lowest BCUT2D eigenvalue weighted by molar-refractivity contribution is 0.187. The summed E-state index contributed by atoms with van der Waals surface area (Å²) in [6.45, 7) is 10.3. The number of likely N-dealkylation sites (tertiary alicyclic amines) is 1. The third kappa shape index (κ3) is 3.38. The summed E-state index contributed by atoms with van der Waals surface area (Å²) in [5, 5.41) is 5.52. The Hall–Kier alpha value is -0.220. The number of hydrogen-bond acceptors (Lipinski definition) is 4. The van der Waals surface area contributed by atoms with Crippen LogP contribution < -0.4 is 5.32 Å². The molecule has 0 radical (unpaired) electrons. The molecule has 2 rings (SSSR count). The first-order valence-corrected chi connectivity index (χ1v) is 7.60. The van der Waals surface area contributed by atoms with Gasteiger partial charge in [-0.1, -0.05) is 32.5 Å². The van der Waals surface area contributed by atoms with Crippen LogP contribution in [0.2, 0.25) is 0 Å². The summed E-state index contributed by atoms with van der Waals surface area (Å²) in [5.74, 6) is 1.44. The average Bonchev–Trinajstić information content (AvgIpc) is 2.71. The van der Waals surface area contributed by atoms with Gasteiger partial charge in [-0.25, -0.2) is 0 Å². The number of nitrogens with one attached hydrogen (secondary N) is 1. The molecule has 1 fully saturated rings. The molecule has 3 unspecified atom stereocenters. The Labute approximate surface area is 109 Å². The van der Waals surface area contributed by atoms with Gasteiger partial charge >= 0.3 is 0 Å². The number of amidine groups is 1. The van der Waals surface area contributed by atoms with E-state index in [4.69, 9.17) is 0 Å². The lowest BCUT2D eigenvalue weighted by Gasteiger charge is -2.35. The van der Waals surface area contributed by atoms with Crippen LogP contribution in [-0.2, 0) is 0 Å². The molecule has 2 aliphatic rings. The molecule has 0 amide bonds. The van der Waals surface area contributed by atoms with Gasteiger partial charge in [-0.3, -0.25) is 4.99 Å². The van der Waals surface area contributed by atoms with Crippen LogP contribution in [0.1, 0.15) is 27.2 Å². The van der Waals surface area contributed by atoms with E-state index >= 15 is 0 Å². The Morgan fingerprint density at radius 2 is 2.24 bits per heavy atom. The molecule has 3 atom stereocenters. The summed E-state index contributed by atoms with van der Waals surface area (Å²) in [5.41, 5.74) is 0. The van der Waals surface area contributed by atoms with E-state index in [1.165, 1.54) is 24.7 Å². The van der Waals surface area contributed by atoms with E-state index in [0.717, 1.165) is 18.4 Å². The van der Waals surface area contributed by atoms with E-state index in [9.17, 15) is 0 Å². The van der Waals surface area contributed by atoms with Crippen LogP contribution in [0, 0.1) is 11.8 Å². The molecular weight excluding hydrogens is 230 g/mol. The zero-order valence-electron chi connectivity index (χ0n) is 11.4. The molecule has 0 spiro atoms. The molecule has 0 bridgehead atoms. The van der Waals surface area contributed by atoms with Gasteiger partial charge in [0.25, 0.3) is 0 Å². The molecule has 0 aromatic carbocycles. The largest absolute Gasteiger partial charge is 0.362 e. The van der Waals surface area contributed by atoms with E-state index in [-0.39, 0.29) is 0 Å². The van der Waals surface area contributed by atoms with E-state index < -0.39 is 0 Å². The highest BCUT2D eigenvalue weighted by atomic mass is 32.2. The number of nitrogens with zero attached hydrogens (tertiary/aromatic N) is 2. The zero-order chi connectivity index (χ0) is 12.4. The highest BCUT2D eigenvalue weighted by molar-refractivity contribution is 8.14. The fourth-order valence-corrected chi connectivity index (χ4v) is 3.62. The fourth-order valence-electron chi connectivity index (χ4n) is 2.54. The lowest BCUT2D eigenvalue weighted by atomic mass is 9.94. The molecule has 0 aliphatic carbocycles. The molecule has 1 saturated heterocycles. The Balaban J connectivity index is 1.82. The van der Waals surface area contributed by atoms with Crippen LogP contribution in [0.25, 0.3) is 0 Å². The minimum atomic E-state index is 0.614. The SMILES string of the molecule is CC(C)C1CN=C(NC2CCN(C)CC2C)S1. The number of hydrogen-bond donors (Lipinski definition) is 1. The van der Waals surface area contributed by atoms with Crippen molar-refractivity contribution in [1.82, 2.24) is 10.2 Å². The van der Waals surface area contributed by atoms with Crippen molar-refractivity contribution in [3.05, 3.63) is 0 Å². The summed E-state index contributed by atoms with van der Waals surface area (Å²) < 4.78 is 0.